The van der Waals surface area contributed by atoms with Crippen molar-refractivity contribution in [3.8, 4) is 0 Å². The molecule has 1 aromatic rings. The zero-order valence-corrected chi connectivity index (χ0v) is 16.3. The first-order valence-corrected chi connectivity index (χ1v) is 10.0. The number of likely N-dealkylation sites (tertiary alicyclic amines) is 1. The van der Waals surface area contributed by atoms with E-state index in [1.165, 1.54) is 22.3 Å². The Balaban J connectivity index is 1.73. The first-order chi connectivity index (χ1) is 13.2. The van der Waals surface area contributed by atoms with Crippen LogP contribution in [0, 0.1) is 0 Å². The van der Waals surface area contributed by atoms with E-state index in [0.29, 0.717) is 26.3 Å². The van der Waals surface area contributed by atoms with Crippen molar-refractivity contribution >= 4 is 23.3 Å². The minimum Gasteiger partial charge on any atom is -0.489 e. The molecule has 142 valence electrons. The summed E-state index contributed by atoms with van der Waals surface area (Å²) in [5, 5.41) is 0.728. The summed E-state index contributed by atoms with van der Waals surface area (Å²) >= 11 is 6.24. The number of piperidine rings is 1. The summed E-state index contributed by atoms with van der Waals surface area (Å²) in [5.41, 5.74) is 6.17. The van der Waals surface area contributed by atoms with Gasteiger partial charge in [-0.05, 0) is 67.5 Å². The van der Waals surface area contributed by atoms with E-state index >= 15 is 0 Å². The second-order valence-corrected chi connectivity index (χ2v) is 7.45. The molecular weight excluding hydrogens is 362 g/mol. The number of ether oxygens (including phenoxy) is 2. The number of amides is 1. The van der Waals surface area contributed by atoms with Crippen LogP contribution in [-0.4, -0.2) is 30.7 Å². The number of carbonyl (C=O) groups excluding carboxylic acids is 1. The Morgan fingerprint density at radius 3 is 2.78 bits per heavy atom. The lowest BCUT2D eigenvalue weighted by molar-refractivity contribution is 0.104. The van der Waals surface area contributed by atoms with Crippen molar-refractivity contribution in [2.45, 2.75) is 39.2 Å². The molecule has 4 nitrogen and oxygen atoms in total. The molecule has 1 aromatic carbocycles. The summed E-state index contributed by atoms with van der Waals surface area (Å²) in [4.78, 5) is 13.8. The first kappa shape index (κ1) is 18.2. The summed E-state index contributed by atoms with van der Waals surface area (Å²) < 4.78 is 11.3. The van der Waals surface area contributed by atoms with Crippen LogP contribution in [0.15, 0.2) is 47.3 Å². The highest BCUT2D eigenvalue weighted by atomic mass is 35.5. The molecule has 0 N–H and O–H groups in total. The number of rotatable bonds is 1. The Labute approximate surface area is 165 Å². The highest BCUT2D eigenvalue weighted by molar-refractivity contribution is 6.30. The van der Waals surface area contributed by atoms with Gasteiger partial charge >= 0.3 is 6.09 Å². The molecule has 0 radical (unpaired) electrons. The molecule has 27 heavy (non-hydrogen) atoms. The maximum Gasteiger partial charge on any atom is 0.409 e. The van der Waals surface area contributed by atoms with Crippen LogP contribution in [0.3, 0.4) is 0 Å². The van der Waals surface area contributed by atoms with Crippen molar-refractivity contribution in [1.29, 1.82) is 0 Å². The second kappa shape index (κ2) is 7.81. The number of hydrogen-bond acceptors (Lipinski definition) is 3. The third-order valence-electron chi connectivity index (χ3n) is 5.35. The van der Waals surface area contributed by atoms with E-state index in [4.69, 9.17) is 21.1 Å². The first-order valence-electron chi connectivity index (χ1n) is 9.63. The van der Waals surface area contributed by atoms with Crippen LogP contribution in [0.25, 0.3) is 5.57 Å². The van der Waals surface area contributed by atoms with Gasteiger partial charge in [0, 0.05) is 23.7 Å². The number of halogens is 1. The van der Waals surface area contributed by atoms with Crippen LogP contribution in [0.1, 0.15) is 43.7 Å². The van der Waals surface area contributed by atoms with Gasteiger partial charge in [0.05, 0.1) is 6.61 Å². The molecule has 1 aliphatic carbocycles. The van der Waals surface area contributed by atoms with Crippen molar-refractivity contribution < 1.29 is 14.3 Å². The van der Waals surface area contributed by atoms with Gasteiger partial charge in [0.1, 0.15) is 12.4 Å². The molecule has 2 aliphatic heterocycles. The Morgan fingerprint density at radius 1 is 1.22 bits per heavy atom. The molecule has 0 bridgehead atoms. The Morgan fingerprint density at radius 2 is 2.00 bits per heavy atom. The average molecular weight is 386 g/mol. The third-order valence-corrected chi connectivity index (χ3v) is 5.58. The quantitative estimate of drug-likeness (QED) is 0.642. The van der Waals surface area contributed by atoms with Gasteiger partial charge in [-0.15, -0.1) is 0 Å². The van der Waals surface area contributed by atoms with E-state index in [1.54, 1.807) is 4.90 Å². The van der Waals surface area contributed by atoms with Crippen LogP contribution in [0.5, 0.6) is 0 Å². The zero-order chi connectivity index (χ0) is 18.8. The van der Waals surface area contributed by atoms with Gasteiger partial charge in [-0.2, -0.15) is 0 Å². The topological polar surface area (TPSA) is 38.8 Å². The summed E-state index contributed by atoms with van der Waals surface area (Å²) in [5.74, 6) is 0.976. The fourth-order valence-electron chi connectivity index (χ4n) is 4.05. The van der Waals surface area contributed by atoms with Gasteiger partial charge in [0.2, 0.25) is 0 Å². The molecule has 4 rings (SSSR count). The van der Waals surface area contributed by atoms with Crippen LogP contribution >= 0.6 is 11.6 Å². The van der Waals surface area contributed by atoms with E-state index in [9.17, 15) is 4.79 Å². The highest BCUT2D eigenvalue weighted by Crippen LogP contribution is 2.42. The summed E-state index contributed by atoms with van der Waals surface area (Å²) in [6, 6.07) is 6.07. The Hall–Kier alpha value is -2.20. The fourth-order valence-corrected chi connectivity index (χ4v) is 4.24. The number of allylic oxidation sites excluding steroid dienone is 3. The van der Waals surface area contributed by atoms with Gasteiger partial charge in [0.15, 0.2) is 0 Å². The van der Waals surface area contributed by atoms with E-state index in [1.807, 2.05) is 19.1 Å². The van der Waals surface area contributed by atoms with E-state index in [2.05, 4.69) is 18.2 Å². The van der Waals surface area contributed by atoms with Gasteiger partial charge in [-0.3, -0.25) is 0 Å². The average Bonchev–Trinajstić information content (AvgIpc) is 2.85. The fraction of sp³-hybridized carbons (Fsp3) is 0.409. The van der Waals surface area contributed by atoms with Crippen molar-refractivity contribution in [3.63, 3.8) is 0 Å². The number of fused-ring (bicyclic) bond motifs is 2. The molecule has 1 amide bonds. The molecule has 0 spiro atoms. The Kier molecular flexibility index (Phi) is 5.26. The van der Waals surface area contributed by atoms with Crippen LogP contribution in [0.4, 0.5) is 4.79 Å². The van der Waals surface area contributed by atoms with Crippen molar-refractivity contribution in [2.75, 3.05) is 19.7 Å². The molecule has 5 heteroatoms. The summed E-state index contributed by atoms with van der Waals surface area (Å²) in [6.07, 6.45) is 8.00. The largest absolute Gasteiger partial charge is 0.489 e. The monoisotopic (exact) mass is 385 g/mol. The molecule has 2 heterocycles. The summed E-state index contributed by atoms with van der Waals surface area (Å²) in [7, 11) is 0. The van der Waals surface area contributed by atoms with Crippen molar-refractivity contribution in [2.24, 2.45) is 0 Å². The minimum absolute atomic E-state index is 0.213. The van der Waals surface area contributed by atoms with E-state index in [0.717, 1.165) is 42.0 Å². The van der Waals surface area contributed by atoms with Crippen LogP contribution in [-0.2, 0) is 16.1 Å². The van der Waals surface area contributed by atoms with Crippen LogP contribution < -0.4 is 0 Å². The predicted octanol–water partition coefficient (Wildman–Crippen LogP) is 5.48. The van der Waals surface area contributed by atoms with Gasteiger partial charge in [-0.25, -0.2) is 4.79 Å². The van der Waals surface area contributed by atoms with Gasteiger partial charge in [0.25, 0.3) is 0 Å². The molecule has 0 aromatic heterocycles. The predicted molar refractivity (Wildman–Crippen MR) is 106 cm³/mol. The number of benzene rings is 1. The molecule has 0 unspecified atom stereocenters. The SMILES string of the molecule is CCOC(=O)N1CCC(=C2C3=CCCC=C3OCc3cc(Cl)ccc32)CC1. The lowest BCUT2D eigenvalue weighted by atomic mass is 9.84. The van der Waals surface area contributed by atoms with Crippen LogP contribution in [0.2, 0.25) is 5.02 Å². The smallest absolute Gasteiger partial charge is 0.409 e. The lowest BCUT2D eigenvalue weighted by Gasteiger charge is -2.30. The number of hydrogen-bond donors (Lipinski definition) is 0. The molecule has 0 atom stereocenters. The number of carbonyl (C=O) groups is 1. The maximum atomic E-state index is 12.0. The Bertz CT molecular complexity index is 843. The molecule has 1 saturated heterocycles. The zero-order valence-electron chi connectivity index (χ0n) is 15.6. The molecule has 0 saturated carbocycles. The normalized spacial score (nSPS) is 19.3. The van der Waals surface area contributed by atoms with Crippen molar-refractivity contribution in [1.82, 2.24) is 4.90 Å². The number of nitrogens with zero attached hydrogens (tertiary/aromatic N) is 1. The van der Waals surface area contributed by atoms with Gasteiger partial charge in [-0.1, -0.05) is 29.3 Å². The van der Waals surface area contributed by atoms with E-state index in [-0.39, 0.29) is 6.09 Å². The minimum atomic E-state index is -0.213. The highest BCUT2D eigenvalue weighted by Gasteiger charge is 2.28. The molecule has 3 aliphatic rings. The standard InChI is InChI=1S/C22H24ClNO3/c1-2-26-22(25)24-11-9-15(10-12-24)21-18-8-7-17(23)13-16(18)14-27-20-6-4-3-5-19(20)21/h5-8,13H,2-4,9-12,14H2,1H3. The third kappa shape index (κ3) is 3.63. The molecule has 1 fully saturated rings. The van der Waals surface area contributed by atoms with Gasteiger partial charge < -0.3 is 14.4 Å². The summed E-state index contributed by atoms with van der Waals surface area (Å²) in [6.45, 7) is 4.16. The maximum absolute atomic E-state index is 12.0. The second-order valence-electron chi connectivity index (χ2n) is 7.02. The van der Waals surface area contributed by atoms with E-state index < -0.39 is 0 Å². The lowest BCUT2D eigenvalue weighted by Crippen LogP contribution is -2.37. The van der Waals surface area contributed by atoms with Crippen molar-refractivity contribution in [3.05, 3.63) is 63.4 Å². The molecular formula is C22H24ClNO3.